The molecule has 0 spiro atoms. The number of rotatable bonds is 5. The van der Waals surface area contributed by atoms with E-state index in [1.807, 2.05) is 6.92 Å². The molecule has 0 radical (unpaired) electrons. The number of hydrogen-bond donors (Lipinski definition) is 1. The topological polar surface area (TPSA) is 38.1 Å². The van der Waals surface area contributed by atoms with Crippen LogP contribution in [0.3, 0.4) is 0 Å². The maximum Gasteiger partial charge on any atom is 0.170 e. The second-order valence-corrected chi connectivity index (χ2v) is 5.12. The van der Waals surface area contributed by atoms with Crippen LogP contribution in [0.15, 0.2) is 28.8 Å². The minimum absolute atomic E-state index is 0.250. The molecule has 0 unspecified atom stereocenters. The maximum absolute atomic E-state index is 12.9. The third-order valence-corrected chi connectivity index (χ3v) is 2.97. The monoisotopic (exact) mass is 262 g/mol. The summed E-state index contributed by atoms with van der Waals surface area (Å²) in [6, 6.07) is 6.25. The van der Waals surface area contributed by atoms with Gasteiger partial charge >= 0.3 is 0 Å². The van der Waals surface area contributed by atoms with Crippen LogP contribution in [0, 0.1) is 18.7 Å². The van der Waals surface area contributed by atoms with E-state index in [0.29, 0.717) is 18.2 Å². The van der Waals surface area contributed by atoms with Crippen molar-refractivity contribution in [3.8, 4) is 11.3 Å². The summed E-state index contributed by atoms with van der Waals surface area (Å²) < 4.78 is 18.3. The summed E-state index contributed by atoms with van der Waals surface area (Å²) in [6.07, 6.45) is 0. The van der Waals surface area contributed by atoms with Crippen LogP contribution in [0.4, 0.5) is 4.39 Å². The van der Waals surface area contributed by atoms with Gasteiger partial charge in [-0.3, -0.25) is 0 Å². The van der Waals surface area contributed by atoms with E-state index in [1.165, 1.54) is 12.1 Å². The predicted octanol–water partition coefficient (Wildman–Crippen LogP) is 3.53. The van der Waals surface area contributed by atoms with E-state index in [-0.39, 0.29) is 5.82 Å². The molecule has 1 aromatic carbocycles. The van der Waals surface area contributed by atoms with Crippen molar-refractivity contribution in [3.05, 3.63) is 41.3 Å². The first-order valence-corrected chi connectivity index (χ1v) is 6.49. The minimum Gasteiger partial charge on any atom is -0.356 e. The fourth-order valence-corrected chi connectivity index (χ4v) is 1.88. The SMILES string of the molecule is Cc1c(CNCC(C)C)noc1-c1ccc(F)cc1. The van der Waals surface area contributed by atoms with Gasteiger partial charge in [0, 0.05) is 17.7 Å². The van der Waals surface area contributed by atoms with Gasteiger partial charge in [0.15, 0.2) is 5.76 Å². The molecule has 0 aliphatic heterocycles. The number of benzene rings is 1. The molecule has 1 N–H and O–H groups in total. The van der Waals surface area contributed by atoms with Crippen LogP contribution in [0.2, 0.25) is 0 Å². The molecule has 19 heavy (non-hydrogen) atoms. The Morgan fingerprint density at radius 1 is 1.26 bits per heavy atom. The minimum atomic E-state index is -0.250. The molecule has 0 aliphatic carbocycles. The average molecular weight is 262 g/mol. The van der Waals surface area contributed by atoms with E-state index in [2.05, 4.69) is 24.3 Å². The van der Waals surface area contributed by atoms with Crippen LogP contribution >= 0.6 is 0 Å². The maximum atomic E-state index is 12.9. The third kappa shape index (κ3) is 3.41. The number of nitrogens with one attached hydrogen (secondary N) is 1. The standard InChI is InChI=1S/C15H19FN2O/c1-10(2)8-17-9-14-11(3)15(19-18-14)12-4-6-13(16)7-5-12/h4-7,10,17H,8-9H2,1-3H3. The van der Waals surface area contributed by atoms with Gasteiger partial charge < -0.3 is 9.84 Å². The van der Waals surface area contributed by atoms with Crippen LogP contribution in [0.5, 0.6) is 0 Å². The number of aromatic nitrogens is 1. The summed E-state index contributed by atoms with van der Waals surface area (Å²) in [7, 11) is 0. The summed E-state index contributed by atoms with van der Waals surface area (Å²) in [5.41, 5.74) is 2.75. The lowest BCUT2D eigenvalue weighted by Gasteiger charge is -2.05. The molecule has 4 heteroatoms. The zero-order chi connectivity index (χ0) is 13.8. The summed E-state index contributed by atoms with van der Waals surface area (Å²) in [5.74, 6) is 1.06. The molecule has 0 atom stereocenters. The molecule has 0 fully saturated rings. The largest absolute Gasteiger partial charge is 0.356 e. The molecule has 2 aromatic rings. The fourth-order valence-electron chi connectivity index (χ4n) is 1.88. The van der Waals surface area contributed by atoms with E-state index in [4.69, 9.17) is 4.52 Å². The van der Waals surface area contributed by atoms with Gasteiger partial charge in [-0.25, -0.2) is 4.39 Å². The van der Waals surface area contributed by atoms with Gasteiger partial charge in [-0.05, 0) is 43.7 Å². The summed E-state index contributed by atoms with van der Waals surface area (Å²) >= 11 is 0. The van der Waals surface area contributed by atoms with Gasteiger partial charge in [-0.1, -0.05) is 19.0 Å². The van der Waals surface area contributed by atoms with Crippen molar-refractivity contribution >= 4 is 0 Å². The van der Waals surface area contributed by atoms with Crippen molar-refractivity contribution in [1.82, 2.24) is 10.5 Å². The zero-order valence-electron chi connectivity index (χ0n) is 11.5. The second-order valence-electron chi connectivity index (χ2n) is 5.12. The Balaban J connectivity index is 2.11. The fraction of sp³-hybridized carbons (Fsp3) is 0.400. The Morgan fingerprint density at radius 2 is 1.95 bits per heavy atom. The summed E-state index contributed by atoms with van der Waals surface area (Å²) in [4.78, 5) is 0. The average Bonchev–Trinajstić information content (AvgIpc) is 2.72. The van der Waals surface area contributed by atoms with Gasteiger partial charge in [0.2, 0.25) is 0 Å². The number of halogens is 1. The highest BCUT2D eigenvalue weighted by Crippen LogP contribution is 2.25. The van der Waals surface area contributed by atoms with Crippen LogP contribution in [0.1, 0.15) is 25.1 Å². The first kappa shape index (κ1) is 13.7. The van der Waals surface area contributed by atoms with Crippen molar-refractivity contribution in [1.29, 1.82) is 0 Å². The Labute approximate surface area is 112 Å². The zero-order valence-corrected chi connectivity index (χ0v) is 11.5. The van der Waals surface area contributed by atoms with Gasteiger partial charge in [-0.15, -0.1) is 0 Å². The first-order chi connectivity index (χ1) is 9.08. The summed E-state index contributed by atoms with van der Waals surface area (Å²) in [5, 5.41) is 7.41. The van der Waals surface area contributed by atoms with Crippen molar-refractivity contribution in [2.75, 3.05) is 6.54 Å². The molecule has 2 rings (SSSR count). The van der Waals surface area contributed by atoms with Crippen molar-refractivity contribution in [2.45, 2.75) is 27.3 Å². The van der Waals surface area contributed by atoms with Gasteiger partial charge in [-0.2, -0.15) is 0 Å². The molecule has 0 bridgehead atoms. The lowest BCUT2D eigenvalue weighted by atomic mass is 10.1. The quantitative estimate of drug-likeness (QED) is 0.895. The molecule has 3 nitrogen and oxygen atoms in total. The lowest BCUT2D eigenvalue weighted by molar-refractivity contribution is 0.418. The van der Waals surface area contributed by atoms with Crippen LogP contribution in [-0.4, -0.2) is 11.7 Å². The molecular weight excluding hydrogens is 243 g/mol. The van der Waals surface area contributed by atoms with E-state index in [0.717, 1.165) is 23.4 Å². The highest BCUT2D eigenvalue weighted by atomic mass is 19.1. The highest BCUT2D eigenvalue weighted by Gasteiger charge is 2.13. The van der Waals surface area contributed by atoms with Crippen LogP contribution in [-0.2, 0) is 6.54 Å². The Hall–Kier alpha value is -1.68. The van der Waals surface area contributed by atoms with E-state index >= 15 is 0 Å². The van der Waals surface area contributed by atoms with E-state index in [1.54, 1.807) is 12.1 Å². The van der Waals surface area contributed by atoms with Crippen LogP contribution < -0.4 is 5.32 Å². The Bertz CT molecular complexity index is 532. The lowest BCUT2D eigenvalue weighted by Crippen LogP contribution is -2.19. The number of nitrogens with zero attached hydrogens (tertiary/aromatic N) is 1. The van der Waals surface area contributed by atoms with Crippen molar-refractivity contribution in [3.63, 3.8) is 0 Å². The van der Waals surface area contributed by atoms with Gasteiger partial charge in [0.05, 0.1) is 0 Å². The molecule has 0 aliphatic rings. The molecule has 0 saturated heterocycles. The van der Waals surface area contributed by atoms with E-state index in [9.17, 15) is 4.39 Å². The number of hydrogen-bond acceptors (Lipinski definition) is 3. The predicted molar refractivity (Wildman–Crippen MR) is 73.2 cm³/mol. The highest BCUT2D eigenvalue weighted by molar-refractivity contribution is 5.61. The molecule has 0 amide bonds. The summed E-state index contributed by atoms with van der Waals surface area (Å²) in [6.45, 7) is 7.92. The van der Waals surface area contributed by atoms with Crippen LogP contribution in [0.25, 0.3) is 11.3 Å². The molecule has 1 aromatic heterocycles. The Morgan fingerprint density at radius 3 is 2.58 bits per heavy atom. The van der Waals surface area contributed by atoms with E-state index < -0.39 is 0 Å². The van der Waals surface area contributed by atoms with Crippen molar-refractivity contribution < 1.29 is 8.91 Å². The van der Waals surface area contributed by atoms with Crippen molar-refractivity contribution in [2.24, 2.45) is 5.92 Å². The normalized spacial score (nSPS) is 11.2. The van der Waals surface area contributed by atoms with Gasteiger partial charge in [0.1, 0.15) is 11.5 Å². The second kappa shape index (κ2) is 5.97. The molecular formula is C15H19FN2O. The molecule has 0 saturated carbocycles. The Kier molecular flexibility index (Phi) is 4.32. The third-order valence-electron chi connectivity index (χ3n) is 2.97. The molecule has 102 valence electrons. The first-order valence-electron chi connectivity index (χ1n) is 6.49. The van der Waals surface area contributed by atoms with Gasteiger partial charge in [0.25, 0.3) is 0 Å². The smallest absolute Gasteiger partial charge is 0.170 e. The molecule has 1 heterocycles.